The Hall–Kier alpha value is -2.51. The minimum Gasteiger partial charge on any atom is -0.399 e. The lowest BCUT2D eigenvalue weighted by molar-refractivity contribution is -0.117. The molecular formula is C16H14ClN3O. The SMILES string of the molecule is CC(C(=O)Nc1cc(Cl)ccc1C#N)c1cccc(N)c1. The Morgan fingerprint density at radius 1 is 1.33 bits per heavy atom. The molecular weight excluding hydrogens is 286 g/mol. The van der Waals surface area contributed by atoms with Crippen LogP contribution in [-0.4, -0.2) is 5.91 Å². The standard InChI is InChI=1S/C16H14ClN3O/c1-10(11-3-2-4-14(19)7-11)16(21)20-15-8-13(17)6-5-12(15)9-18/h2-8,10H,19H2,1H3,(H,20,21). The first-order valence-electron chi connectivity index (χ1n) is 6.37. The summed E-state index contributed by atoms with van der Waals surface area (Å²) < 4.78 is 0. The van der Waals surface area contributed by atoms with Crippen molar-refractivity contribution in [2.45, 2.75) is 12.8 Å². The molecule has 0 aliphatic rings. The van der Waals surface area contributed by atoms with Gasteiger partial charge in [0.15, 0.2) is 0 Å². The molecule has 2 aromatic carbocycles. The molecule has 1 amide bonds. The third-order valence-corrected chi connectivity index (χ3v) is 3.40. The van der Waals surface area contributed by atoms with Crippen molar-refractivity contribution in [3.05, 3.63) is 58.6 Å². The largest absolute Gasteiger partial charge is 0.399 e. The molecule has 2 aromatic rings. The highest BCUT2D eigenvalue weighted by Gasteiger charge is 2.17. The van der Waals surface area contributed by atoms with Gasteiger partial charge in [0.2, 0.25) is 5.91 Å². The normalized spacial score (nSPS) is 11.5. The fourth-order valence-corrected chi connectivity index (χ4v) is 2.11. The first kappa shape index (κ1) is 14.9. The molecule has 0 aliphatic heterocycles. The number of nitrogens with two attached hydrogens (primary N) is 1. The van der Waals surface area contributed by atoms with Crippen LogP contribution in [0.15, 0.2) is 42.5 Å². The third-order valence-electron chi connectivity index (χ3n) is 3.16. The second-order valence-corrected chi connectivity index (χ2v) is 5.12. The summed E-state index contributed by atoms with van der Waals surface area (Å²) >= 11 is 5.90. The van der Waals surface area contributed by atoms with Crippen LogP contribution in [0.4, 0.5) is 11.4 Å². The van der Waals surface area contributed by atoms with Crippen LogP contribution in [0.2, 0.25) is 5.02 Å². The Labute approximate surface area is 128 Å². The zero-order valence-corrected chi connectivity index (χ0v) is 12.2. The van der Waals surface area contributed by atoms with Crippen molar-refractivity contribution >= 4 is 28.9 Å². The first-order valence-corrected chi connectivity index (χ1v) is 6.75. The van der Waals surface area contributed by atoms with Gasteiger partial charge in [0.25, 0.3) is 0 Å². The van der Waals surface area contributed by atoms with Gasteiger partial charge in [0.1, 0.15) is 6.07 Å². The van der Waals surface area contributed by atoms with E-state index < -0.39 is 0 Å². The molecule has 0 radical (unpaired) electrons. The number of nitrogens with one attached hydrogen (secondary N) is 1. The quantitative estimate of drug-likeness (QED) is 0.851. The van der Waals surface area contributed by atoms with Crippen LogP contribution in [0.25, 0.3) is 0 Å². The van der Waals surface area contributed by atoms with Crippen molar-refractivity contribution in [1.29, 1.82) is 5.26 Å². The predicted molar refractivity (Wildman–Crippen MR) is 84.1 cm³/mol. The predicted octanol–water partition coefficient (Wildman–Crippen LogP) is 3.54. The molecule has 0 aliphatic carbocycles. The number of nitrogen functional groups attached to an aromatic ring is 1. The van der Waals surface area contributed by atoms with E-state index in [-0.39, 0.29) is 11.8 Å². The van der Waals surface area contributed by atoms with E-state index in [1.807, 2.05) is 12.1 Å². The molecule has 0 spiro atoms. The molecule has 1 atom stereocenters. The van der Waals surface area contributed by atoms with E-state index in [2.05, 4.69) is 5.32 Å². The molecule has 1 unspecified atom stereocenters. The summed E-state index contributed by atoms with van der Waals surface area (Å²) in [7, 11) is 0. The van der Waals surface area contributed by atoms with E-state index >= 15 is 0 Å². The van der Waals surface area contributed by atoms with Crippen LogP contribution in [0.5, 0.6) is 0 Å². The summed E-state index contributed by atoms with van der Waals surface area (Å²) in [6, 6.07) is 13.9. The van der Waals surface area contributed by atoms with Gasteiger partial charge in [-0.05, 0) is 42.8 Å². The number of carbonyl (C=O) groups is 1. The summed E-state index contributed by atoms with van der Waals surface area (Å²) in [5, 5.41) is 12.2. The van der Waals surface area contributed by atoms with E-state index in [9.17, 15) is 4.79 Å². The van der Waals surface area contributed by atoms with Crippen LogP contribution < -0.4 is 11.1 Å². The van der Waals surface area contributed by atoms with Crippen molar-refractivity contribution in [2.24, 2.45) is 0 Å². The second kappa shape index (κ2) is 6.29. The lowest BCUT2D eigenvalue weighted by Gasteiger charge is -2.14. The van der Waals surface area contributed by atoms with Gasteiger partial charge in [-0.2, -0.15) is 5.26 Å². The fraction of sp³-hybridized carbons (Fsp3) is 0.125. The highest BCUT2D eigenvalue weighted by molar-refractivity contribution is 6.31. The second-order valence-electron chi connectivity index (χ2n) is 4.68. The van der Waals surface area contributed by atoms with Gasteiger partial charge in [0.05, 0.1) is 17.2 Å². The highest BCUT2D eigenvalue weighted by atomic mass is 35.5. The number of amides is 1. The molecule has 0 bridgehead atoms. The Morgan fingerprint density at radius 2 is 2.10 bits per heavy atom. The Morgan fingerprint density at radius 3 is 2.76 bits per heavy atom. The minimum absolute atomic E-state index is 0.223. The minimum atomic E-state index is -0.390. The van der Waals surface area contributed by atoms with Crippen molar-refractivity contribution in [3.63, 3.8) is 0 Å². The van der Waals surface area contributed by atoms with Crippen molar-refractivity contribution < 1.29 is 4.79 Å². The summed E-state index contributed by atoms with van der Waals surface area (Å²) in [6.45, 7) is 1.78. The number of nitriles is 1. The van der Waals surface area contributed by atoms with Crippen LogP contribution in [0.3, 0.4) is 0 Å². The number of hydrogen-bond donors (Lipinski definition) is 2. The summed E-state index contributed by atoms with van der Waals surface area (Å²) in [5.41, 5.74) is 7.92. The Kier molecular flexibility index (Phi) is 4.46. The van der Waals surface area contributed by atoms with Crippen LogP contribution in [0.1, 0.15) is 24.0 Å². The number of benzene rings is 2. The van der Waals surface area contributed by atoms with Crippen molar-refractivity contribution in [2.75, 3.05) is 11.1 Å². The third kappa shape index (κ3) is 3.53. The van der Waals surface area contributed by atoms with E-state index in [1.165, 1.54) is 0 Å². The van der Waals surface area contributed by atoms with Crippen LogP contribution >= 0.6 is 11.6 Å². The number of anilines is 2. The van der Waals surface area contributed by atoms with Crippen LogP contribution in [0, 0.1) is 11.3 Å². The smallest absolute Gasteiger partial charge is 0.231 e. The van der Waals surface area contributed by atoms with Gasteiger partial charge in [-0.25, -0.2) is 0 Å². The number of halogens is 1. The molecule has 0 aromatic heterocycles. The van der Waals surface area contributed by atoms with Gasteiger partial charge < -0.3 is 11.1 Å². The fourth-order valence-electron chi connectivity index (χ4n) is 1.94. The Bertz CT molecular complexity index is 722. The van der Waals surface area contributed by atoms with E-state index in [0.29, 0.717) is 22.0 Å². The van der Waals surface area contributed by atoms with Gasteiger partial charge in [-0.15, -0.1) is 0 Å². The van der Waals surface area contributed by atoms with Crippen LogP contribution in [-0.2, 0) is 4.79 Å². The van der Waals surface area contributed by atoms with Gasteiger partial charge in [0, 0.05) is 10.7 Å². The van der Waals surface area contributed by atoms with Gasteiger partial charge >= 0.3 is 0 Å². The summed E-state index contributed by atoms with van der Waals surface area (Å²) in [6.07, 6.45) is 0. The van der Waals surface area contributed by atoms with Crippen molar-refractivity contribution in [1.82, 2.24) is 0 Å². The maximum absolute atomic E-state index is 12.3. The zero-order chi connectivity index (χ0) is 15.4. The van der Waals surface area contributed by atoms with Gasteiger partial charge in [-0.3, -0.25) is 4.79 Å². The highest BCUT2D eigenvalue weighted by Crippen LogP contribution is 2.24. The molecule has 21 heavy (non-hydrogen) atoms. The molecule has 2 rings (SSSR count). The summed E-state index contributed by atoms with van der Waals surface area (Å²) in [5.74, 6) is -0.613. The average Bonchev–Trinajstić information content (AvgIpc) is 2.46. The van der Waals surface area contributed by atoms with E-state index in [4.69, 9.17) is 22.6 Å². The van der Waals surface area contributed by atoms with E-state index in [1.54, 1.807) is 43.3 Å². The lowest BCUT2D eigenvalue weighted by atomic mass is 9.99. The number of carbonyl (C=O) groups excluding carboxylic acids is 1. The number of hydrogen-bond acceptors (Lipinski definition) is 3. The molecule has 0 fully saturated rings. The summed E-state index contributed by atoms with van der Waals surface area (Å²) in [4.78, 5) is 12.3. The average molecular weight is 300 g/mol. The van der Waals surface area contributed by atoms with Gasteiger partial charge in [-0.1, -0.05) is 23.7 Å². The molecule has 5 heteroatoms. The maximum atomic E-state index is 12.3. The molecule has 0 saturated heterocycles. The molecule has 106 valence electrons. The number of nitrogens with zero attached hydrogens (tertiary/aromatic N) is 1. The molecule has 0 heterocycles. The van der Waals surface area contributed by atoms with E-state index in [0.717, 1.165) is 5.56 Å². The van der Waals surface area contributed by atoms with Crippen molar-refractivity contribution in [3.8, 4) is 6.07 Å². The number of rotatable bonds is 3. The monoisotopic (exact) mass is 299 g/mol. The Balaban J connectivity index is 2.22. The molecule has 4 nitrogen and oxygen atoms in total. The lowest BCUT2D eigenvalue weighted by Crippen LogP contribution is -2.19. The first-order chi connectivity index (χ1) is 10.0. The zero-order valence-electron chi connectivity index (χ0n) is 11.4. The molecule has 0 saturated carbocycles. The topological polar surface area (TPSA) is 78.9 Å². The maximum Gasteiger partial charge on any atom is 0.231 e. The molecule has 3 N–H and O–H groups in total.